The van der Waals surface area contributed by atoms with Crippen LogP contribution in [-0.4, -0.2) is 71.1 Å². The van der Waals surface area contributed by atoms with Gasteiger partial charge in [0.15, 0.2) is 6.10 Å². The molecule has 2 amide bonds. The van der Waals surface area contributed by atoms with Gasteiger partial charge < -0.3 is 30.1 Å². The van der Waals surface area contributed by atoms with Crippen LogP contribution in [0.2, 0.25) is 0 Å². The molecule has 2 saturated heterocycles. The number of hydrogen-bond acceptors (Lipinski definition) is 11. The molecule has 33 heavy (non-hydrogen) atoms. The molecule has 0 aromatic heterocycles. The molecule has 2 aliphatic rings. The Balaban J connectivity index is 2.08. The molecule has 13 nitrogen and oxygen atoms in total. The van der Waals surface area contributed by atoms with E-state index >= 15 is 0 Å². The topological polar surface area (TPSA) is 173 Å². The Morgan fingerprint density at radius 1 is 1.42 bits per heavy atom. The monoisotopic (exact) mass is 491 g/mol. The number of hydroxylamine groups is 2. The van der Waals surface area contributed by atoms with Gasteiger partial charge in [-0.25, -0.2) is 18.8 Å². The van der Waals surface area contributed by atoms with Crippen LogP contribution in [0.3, 0.4) is 0 Å². The number of carbonyl (C=O) groups excluding carboxylic acids is 5. The Morgan fingerprint density at radius 2 is 2.09 bits per heavy atom. The molecule has 0 spiro atoms. The van der Waals surface area contributed by atoms with Gasteiger partial charge in [-0.3, -0.25) is 14.4 Å². The molecule has 2 aliphatic heterocycles. The normalized spacial score (nSPS) is 23.8. The summed E-state index contributed by atoms with van der Waals surface area (Å²) in [5.74, 6) is -6.92. The second-order valence-corrected chi connectivity index (χ2v) is 7.36. The molecular weight excluding hydrogens is 469 g/mol. The van der Waals surface area contributed by atoms with Gasteiger partial charge in [-0.15, -0.1) is 0 Å². The minimum atomic E-state index is -2.06. The Morgan fingerprint density at radius 3 is 2.61 bits per heavy atom. The highest BCUT2D eigenvalue weighted by atomic mass is 32.1. The summed E-state index contributed by atoms with van der Waals surface area (Å²) in [6.45, 7) is 5.37. The van der Waals surface area contributed by atoms with Crippen LogP contribution >= 0.6 is 12.2 Å². The summed E-state index contributed by atoms with van der Waals surface area (Å²) in [4.78, 5) is 69.6. The van der Waals surface area contributed by atoms with Gasteiger partial charge in [0, 0.05) is 6.42 Å². The van der Waals surface area contributed by atoms with Crippen LogP contribution in [0.25, 0.3) is 0 Å². The first-order chi connectivity index (χ1) is 15.4. The summed E-state index contributed by atoms with van der Waals surface area (Å²) >= 11 is 4.89. The van der Waals surface area contributed by atoms with Gasteiger partial charge in [-0.1, -0.05) is 18.8 Å². The van der Waals surface area contributed by atoms with E-state index < -0.39 is 71.0 Å². The average Bonchev–Trinajstić information content (AvgIpc) is 3.26. The van der Waals surface area contributed by atoms with Crippen molar-refractivity contribution in [2.75, 3.05) is 13.2 Å². The third-order valence-corrected chi connectivity index (χ3v) is 5.07. The van der Waals surface area contributed by atoms with Gasteiger partial charge in [0.25, 0.3) is 0 Å². The predicted molar refractivity (Wildman–Crippen MR) is 107 cm³/mol. The summed E-state index contributed by atoms with van der Waals surface area (Å²) in [6.07, 6.45) is -2.83. The van der Waals surface area contributed by atoms with E-state index in [9.17, 15) is 28.4 Å². The van der Waals surface area contributed by atoms with Crippen molar-refractivity contribution >= 4 is 47.1 Å². The van der Waals surface area contributed by atoms with Crippen molar-refractivity contribution in [1.29, 1.82) is 0 Å². The summed E-state index contributed by atoms with van der Waals surface area (Å²) in [6, 6.07) is -1.26. The zero-order chi connectivity index (χ0) is 24.9. The summed E-state index contributed by atoms with van der Waals surface area (Å²) < 4.78 is 28.2. The lowest BCUT2D eigenvalue weighted by molar-refractivity contribution is -0.312. The van der Waals surface area contributed by atoms with Crippen LogP contribution < -0.4 is 11.1 Å². The Kier molecular flexibility index (Phi) is 8.27. The fourth-order valence-electron chi connectivity index (χ4n) is 2.99. The summed E-state index contributed by atoms with van der Waals surface area (Å²) in [5.41, 5.74) is 3.01. The zero-order valence-electron chi connectivity index (χ0n) is 17.7. The first-order valence-corrected chi connectivity index (χ1v) is 10.0. The predicted octanol–water partition coefficient (Wildman–Crippen LogP) is -0.274. The van der Waals surface area contributed by atoms with E-state index in [0.29, 0.717) is 0 Å². The van der Waals surface area contributed by atoms with E-state index in [1.165, 1.54) is 13.8 Å². The van der Waals surface area contributed by atoms with E-state index in [0.717, 1.165) is 0 Å². The minimum Gasteiger partial charge on any atom is -0.443 e. The number of nitrogens with zero attached hydrogens (tertiary/aromatic N) is 1. The smallest absolute Gasteiger partial charge is 0.443 e. The quantitative estimate of drug-likeness (QED) is 0.320. The van der Waals surface area contributed by atoms with E-state index in [-0.39, 0.29) is 24.7 Å². The van der Waals surface area contributed by atoms with Gasteiger partial charge in [0.2, 0.25) is 11.5 Å². The number of esters is 1. The van der Waals surface area contributed by atoms with Crippen molar-refractivity contribution < 1.29 is 52.2 Å². The fourth-order valence-corrected chi connectivity index (χ4v) is 3.38. The first-order valence-electron chi connectivity index (χ1n) is 9.61. The summed E-state index contributed by atoms with van der Waals surface area (Å²) in [7, 11) is 0. The highest BCUT2D eigenvalue weighted by molar-refractivity contribution is 7.80. The molecule has 3 unspecified atom stereocenters. The number of primary amides is 1. The standard InChI is InChI=1S/C18H22FN3O10S/c1-4-28-17(27)30-9(3)18(6-5-11(23)31-18)16(26)32-22-15(25)10(7-29-22)21-14(33)12(8(2)19)13(20)24/h9-10,12H,2,4-7H2,1,3H3,(H2,20,24)(H,21,33)/t9?,10-,12?,18?/m0/s1. The number of ether oxygens (including phenoxy) is 3. The number of rotatable bonds is 9. The molecular formula is C18H22FN3O10S. The van der Waals surface area contributed by atoms with E-state index in [1.54, 1.807) is 0 Å². The highest BCUT2D eigenvalue weighted by Gasteiger charge is 2.57. The number of thiocarbonyl (C=S) groups is 1. The first kappa shape index (κ1) is 25.9. The largest absolute Gasteiger partial charge is 0.508 e. The zero-order valence-corrected chi connectivity index (χ0v) is 18.5. The van der Waals surface area contributed by atoms with Gasteiger partial charge in [-0.05, 0) is 19.1 Å². The van der Waals surface area contributed by atoms with E-state index in [2.05, 4.69) is 16.6 Å². The molecule has 15 heteroatoms. The van der Waals surface area contributed by atoms with E-state index in [1.807, 2.05) is 0 Å². The number of amides is 2. The van der Waals surface area contributed by atoms with Gasteiger partial charge >= 0.3 is 24.0 Å². The van der Waals surface area contributed by atoms with Crippen molar-refractivity contribution in [3.63, 3.8) is 0 Å². The second kappa shape index (κ2) is 10.5. The maximum Gasteiger partial charge on any atom is 0.508 e. The molecule has 0 bridgehead atoms. The fraction of sp³-hybridized carbons (Fsp3) is 0.556. The van der Waals surface area contributed by atoms with Gasteiger partial charge in [-0.2, -0.15) is 0 Å². The van der Waals surface area contributed by atoms with Crippen LogP contribution in [0.5, 0.6) is 0 Å². The van der Waals surface area contributed by atoms with Crippen LogP contribution in [-0.2, 0) is 43.1 Å². The van der Waals surface area contributed by atoms with Crippen molar-refractivity contribution in [2.45, 2.75) is 44.4 Å². The number of nitrogens with one attached hydrogen (secondary N) is 1. The SMILES string of the molecule is C=C(F)C(C(N)=O)C(=S)N[C@H]1CON(OC(=O)C2(C(C)OC(=O)OCC)CCC(=O)O2)C1=O. The molecule has 3 N–H and O–H groups in total. The number of halogens is 1. The Hall–Kier alpha value is -3.33. The van der Waals surface area contributed by atoms with Gasteiger partial charge in [0.1, 0.15) is 24.4 Å². The average molecular weight is 491 g/mol. The second-order valence-electron chi connectivity index (χ2n) is 6.92. The minimum absolute atomic E-state index is 0.00151. The van der Waals surface area contributed by atoms with Crippen LogP contribution in [0.15, 0.2) is 12.4 Å². The lowest BCUT2D eigenvalue weighted by Crippen LogP contribution is -2.53. The number of carbonyl (C=O) groups is 5. The molecule has 0 saturated carbocycles. The molecule has 4 atom stereocenters. The maximum absolute atomic E-state index is 13.4. The third kappa shape index (κ3) is 5.73. The number of nitrogens with two attached hydrogens (primary N) is 1. The van der Waals surface area contributed by atoms with Crippen LogP contribution in [0.1, 0.15) is 26.7 Å². The summed E-state index contributed by atoms with van der Waals surface area (Å²) in [5, 5.41) is 2.60. The molecule has 0 aromatic rings. The Bertz CT molecular complexity index is 870. The molecule has 182 valence electrons. The molecule has 2 heterocycles. The van der Waals surface area contributed by atoms with Crippen molar-refractivity contribution in [2.24, 2.45) is 11.7 Å². The number of hydrogen-bond donors (Lipinski definition) is 2. The molecule has 2 fully saturated rings. The Labute approximate surface area is 192 Å². The molecule has 0 aromatic carbocycles. The number of cyclic esters (lactones) is 1. The van der Waals surface area contributed by atoms with Crippen LogP contribution in [0, 0.1) is 5.92 Å². The third-order valence-electron chi connectivity index (χ3n) is 4.71. The molecule has 0 radical (unpaired) electrons. The maximum atomic E-state index is 13.4. The van der Waals surface area contributed by atoms with E-state index in [4.69, 9.17) is 37.1 Å². The lowest BCUT2D eigenvalue weighted by Gasteiger charge is -2.30. The van der Waals surface area contributed by atoms with Gasteiger partial charge in [0.05, 0.1) is 18.0 Å². The molecule has 0 aliphatic carbocycles. The van der Waals surface area contributed by atoms with Crippen molar-refractivity contribution in [3.8, 4) is 0 Å². The lowest BCUT2D eigenvalue weighted by atomic mass is 9.94. The van der Waals surface area contributed by atoms with Crippen molar-refractivity contribution in [1.82, 2.24) is 10.5 Å². The van der Waals surface area contributed by atoms with Crippen molar-refractivity contribution in [3.05, 3.63) is 12.4 Å². The highest BCUT2D eigenvalue weighted by Crippen LogP contribution is 2.34. The van der Waals surface area contributed by atoms with Crippen LogP contribution in [0.4, 0.5) is 9.18 Å². The molecule has 2 rings (SSSR count).